The minimum atomic E-state index is -1.35. The number of H-pyrrole nitrogens is 2. The van der Waals surface area contributed by atoms with Crippen molar-refractivity contribution in [2.75, 3.05) is 18.6 Å². The van der Waals surface area contributed by atoms with Crippen molar-refractivity contribution in [3.05, 3.63) is 90.1 Å². The number of rotatable bonds is 32. The SMILES string of the molecule is CSCC[C@H](NC(=O)[C@H](CC(C)C)NC(=O)[C@H](Cc1cnc[nH]1)NC(=O)CNC(=O)[C@@H](NC(=O)[C@H](C)NC(=O)[C@H](Cc1c[nH]c2ccccc12)NC(=O)[C@H](CCC(N)=O)NC(=O)[C@H](N)Cc1ccccc1)C(C)C)C(N)=O. The predicted octanol–water partition coefficient (Wildman–Crippen LogP) is -1.02. The fourth-order valence-electron chi connectivity index (χ4n) is 8.11. The fourth-order valence-corrected chi connectivity index (χ4v) is 8.58. The number of fused-ring (bicyclic) bond motifs is 1. The van der Waals surface area contributed by atoms with Crippen LogP contribution >= 0.6 is 11.8 Å². The molecule has 10 amide bonds. The number of carbonyl (C=O) groups excluding carboxylic acids is 10. The predicted molar refractivity (Wildman–Crippen MR) is 290 cm³/mol. The topological polar surface area (TPSA) is 389 Å². The van der Waals surface area contributed by atoms with Crippen LogP contribution in [0.5, 0.6) is 0 Å². The number of thioether (sulfide) groups is 1. The maximum atomic E-state index is 14.2. The van der Waals surface area contributed by atoms with Crippen molar-refractivity contribution in [3.63, 3.8) is 0 Å². The molecule has 0 aliphatic rings. The Morgan fingerprint density at radius 3 is 1.87 bits per heavy atom. The van der Waals surface area contributed by atoms with Crippen molar-refractivity contribution in [2.24, 2.45) is 29.0 Å². The average molecular weight is 1090 g/mol. The molecule has 2 aromatic heterocycles. The molecule has 0 radical (unpaired) electrons. The molecule has 418 valence electrons. The quantitative estimate of drug-likeness (QED) is 0.0279. The van der Waals surface area contributed by atoms with Crippen molar-refractivity contribution in [3.8, 4) is 0 Å². The third kappa shape index (κ3) is 20.3. The highest BCUT2D eigenvalue weighted by Crippen LogP contribution is 2.20. The second-order valence-electron chi connectivity index (χ2n) is 19.5. The van der Waals surface area contributed by atoms with Crippen LogP contribution in [-0.2, 0) is 67.2 Å². The lowest BCUT2D eigenvalue weighted by Crippen LogP contribution is -2.59. The Kier molecular flexibility index (Phi) is 24.6. The summed E-state index contributed by atoms with van der Waals surface area (Å²) in [6.45, 7) is 7.70. The first-order valence-electron chi connectivity index (χ1n) is 25.3. The van der Waals surface area contributed by atoms with Gasteiger partial charge in [-0.15, -0.1) is 0 Å². The molecule has 4 aromatic rings. The van der Waals surface area contributed by atoms with Crippen molar-refractivity contribution in [2.45, 2.75) is 128 Å². The number of nitrogens with zero attached hydrogens (tertiary/aromatic N) is 1. The van der Waals surface area contributed by atoms with Gasteiger partial charge in [-0.05, 0) is 73.6 Å². The van der Waals surface area contributed by atoms with Gasteiger partial charge in [-0.3, -0.25) is 47.9 Å². The lowest BCUT2D eigenvalue weighted by atomic mass is 10.0. The average Bonchev–Trinajstić information content (AvgIpc) is 4.07. The van der Waals surface area contributed by atoms with Gasteiger partial charge in [0.15, 0.2) is 0 Å². The van der Waals surface area contributed by atoms with Gasteiger partial charge >= 0.3 is 0 Å². The van der Waals surface area contributed by atoms with Crippen molar-refractivity contribution >= 4 is 81.7 Å². The highest BCUT2D eigenvalue weighted by atomic mass is 32.2. The molecule has 0 saturated carbocycles. The molecule has 0 aliphatic heterocycles. The van der Waals surface area contributed by atoms with E-state index < -0.39 is 120 Å². The molecular formula is C52H74N14O10S. The van der Waals surface area contributed by atoms with E-state index in [9.17, 15) is 47.9 Å². The van der Waals surface area contributed by atoms with Crippen LogP contribution < -0.4 is 59.7 Å². The van der Waals surface area contributed by atoms with Crippen LogP contribution in [0.3, 0.4) is 0 Å². The van der Waals surface area contributed by atoms with E-state index >= 15 is 0 Å². The molecule has 0 spiro atoms. The number of hydrogen-bond acceptors (Lipinski definition) is 13. The first-order valence-corrected chi connectivity index (χ1v) is 26.7. The van der Waals surface area contributed by atoms with Gasteiger partial charge in [-0.2, -0.15) is 11.8 Å². The number of carbonyl (C=O) groups is 10. The monoisotopic (exact) mass is 1090 g/mol. The smallest absolute Gasteiger partial charge is 0.243 e. The van der Waals surface area contributed by atoms with Gasteiger partial charge in [0.05, 0.1) is 18.9 Å². The van der Waals surface area contributed by atoms with E-state index in [-0.39, 0.29) is 50.9 Å². The van der Waals surface area contributed by atoms with E-state index in [0.29, 0.717) is 17.0 Å². The number of amides is 10. The van der Waals surface area contributed by atoms with E-state index in [4.69, 9.17) is 17.2 Å². The number of benzene rings is 2. The van der Waals surface area contributed by atoms with Crippen LogP contribution in [0.25, 0.3) is 10.9 Å². The van der Waals surface area contributed by atoms with Crippen LogP contribution in [0.15, 0.2) is 73.3 Å². The van der Waals surface area contributed by atoms with E-state index in [2.05, 4.69) is 57.5 Å². The third-order valence-corrected chi connectivity index (χ3v) is 13.0. The maximum Gasteiger partial charge on any atom is 0.243 e. The molecule has 16 N–H and O–H groups in total. The fraction of sp³-hybridized carbons (Fsp3) is 0.481. The number of nitrogens with one attached hydrogen (secondary N) is 10. The largest absolute Gasteiger partial charge is 0.370 e. The summed E-state index contributed by atoms with van der Waals surface area (Å²) in [4.78, 5) is 144. The van der Waals surface area contributed by atoms with Crippen molar-refractivity contribution in [1.29, 1.82) is 0 Å². The molecule has 8 atom stereocenters. The second kappa shape index (κ2) is 30.7. The number of para-hydroxylation sites is 1. The summed E-state index contributed by atoms with van der Waals surface area (Å²) in [7, 11) is 0. The van der Waals surface area contributed by atoms with E-state index in [1.165, 1.54) is 31.2 Å². The summed E-state index contributed by atoms with van der Waals surface area (Å²) in [5.41, 5.74) is 19.8. The summed E-state index contributed by atoms with van der Waals surface area (Å²) in [5, 5.41) is 21.7. The second-order valence-corrected chi connectivity index (χ2v) is 20.5. The summed E-state index contributed by atoms with van der Waals surface area (Å²) in [6, 6.07) is 6.58. The van der Waals surface area contributed by atoms with Crippen LogP contribution in [0, 0.1) is 11.8 Å². The number of aromatic nitrogens is 3. The number of aromatic amines is 2. The number of primary amides is 2. The molecular weight excluding hydrogens is 1010 g/mol. The van der Waals surface area contributed by atoms with Gasteiger partial charge in [-0.1, -0.05) is 76.2 Å². The number of nitrogens with two attached hydrogens (primary N) is 3. The first-order chi connectivity index (χ1) is 36.6. The first kappa shape index (κ1) is 61.7. The Morgan fingerprint density at radius 1 is 0.623 bits per heavy atom. The molecule has 0 unspecified atom stereocenters. The van der Waals surface area contributed by atoms with E-state index in [1.54, 1.807) is 50.4 Å². The highest BCUT2D eigenvalue weighted by molar-refractivity contribution is 7.98. The Morgan fingerprint density at radius 2 is 1.23 bits per heavy atom. The molecule has 4 rings (SSSR count). The Labute approximate surface area is 451 Å². The molecule has 2 aromatic carbocycles. The normalized spacial score (nSPS) is 14.4. The summed E-state index contributed by atoms with van der Waals surface area (Å²) in [5.74, 6) is -7.59. The number of hydrogen-bond donors (Lipinski definition) is 13. The van der Waals surface area contributed by atoms with E-state index in [1.807, 2.05) is 44.4 Å². The molecule has 0 saturated heterocycles. The maximum absolute atomic E-state index is 14.2. The minimum absolute atomic E-state index is 0.0766. The van der Waals surface area contributed by atoms with Gasteiger partial charge in [-0.25, -0.2) is 4.98 Å². The Balaban J connectivity index is 1.45. The van der Waals surface area contributed by atoms with Gasteiger partial charge in [0.2, 0.25) is 59.1 Å². The molecule has 77 heavy (non-hydrogen) atoms. The van der Waals surface area contributed by atoms with E-state index in [0.717, 1.165) is 16.5 Å². The zero-order valence-electron chi connectivity index (χ0n) is 44.2. The van der Waals surface area contributed by atoms with Crippen molar-refractivity contribution in [1.82, 2.24) is 57.5 Å². The zero-order valence-corrected chi connectivity index (χ0v) is 45.1. The molecule has 2 heterocycles. The zero-order chi connectivity index (χ0) is 56.8. The lowest BCUT2D eigenvalue weighted by Gasteiger charge is -2.27. The molecule has 24 nitrogen and oxygen atoms in total. The summed E-state index contributed by atoms with van der Waals surface area (Å²) < 4.78 is 0. The highest BCUT2D eigenvalue weighted by Gasteiger charge is 2.34. The van der Waals surface area contributed by atoms with Gasteiger partial charge in [0, 0.05) is 48.3 Å². The van der Waals surface area contributed by atoms with Crippen LogP contribution in [-0.4, -0.2) is 141 Å². The van der Waals surface area contributed by atoms with Crippen LogP contribution in [0.4, 0.5) is 0 Å². The van der Waals surface area contributed by atoms with Gasteiger partial charge in [0.25, 0.3) is 0 Å². The van der Waals surface area contributed by atoms with Crippen LogP contribution in [0.2, 0.25) is 0 Å². The van der Waals surface area contributed by atoms with Crippen LogP contribution in [0.1, 0.15) is 77.1 Å². The molecule has 0 fully saturated rings. The summed E-state index contributed by atoms with van der Waals surface area (Å²) in [6.07, 6.45) is 6.28. The summed E-state index contributed by atoms with van der Waals surface area (Å²) >= 11 is 1.47. The Hall–Kier alpha value is -7.80. The standard InChI is InChI=1S/C52H74N14O10S/c1-28(2)20-39(50(74)62-37(45(55)69)18-19-77-6)64-51(75)41(23-33-25-56-27-59-33)61-43(68)26-58-52(76)44(29(3)4)66-46(70)30(5)60-49(73)40(22-32-24-57-36-15-11-10-14-34(32)36)65-48(72)38(16-17-42(54)67)63-47(71)35(53)21-31-12-8-7-9-13-31/h7-15,24-25,27-30,35,37-41,44,57H,16-23,26,53H2,1-6H3,(H2,54,67)(H2,55,69)(H,56,59)(H,58,76)(H,60,73)(H,61,68)(H,62,74)(H,63,71)(H,64,75)(H,65,72)(H,66,70)/t30-,35+,37-,38-,39-,40-,41-,44-/m0/s1. The Bertz CT molecular complexity index is 2650. The van der Waals surface area contributed by atoms with Gasteiger partial charge < -0.3 is 69.7 Å². The number of imidazole rings is 1. The lowest BCUT2D eigenvalue weighted by molar-refractivity contribution is -0.135. The van der Waals surface area contributed by atoms with Gasteiger partial charge in [0.1, 0.15) is 42.3 Å². The third-order valence-electron chi connectivity index (χ3n) is 12.3. The van der Waals surface area contributed by atoms with Crippen molar-refractivity contribution < 1.29 is 47.9 Å². The molecule has 0 aliphatic carbocycles. The minimum Gasteiger partial charge on any atom is -0.370 e. The molecule has 25 heteroatoms. The molecule has 0 bridgehead atoms.